The maximum Gasteiger partial charge on any atom is 0.271 e. The second-order valence-electron chi connectivity index (χ2n) is 6.48. The third-order valence-electron chi connectivity index (χ3n) is 4.41. The third kappa shape index (κ3) is 6.12. The molecule has 0 aliphatic carbocycles. The molecule has 0 saturated carbocycles. The van der Waals surface area contributed by atoms with E-state index in [2.05, 4.69) is 34.8 Å². The number of nitrogens with one attached hydrogen (secondary N) is 1. The molecular formula is C24H24N2O3S. The molecule has 154 valence electrons. The Hall–Kier alpha value is -3.25. The lowest BCUT2D eigenvalue weighted by molar-refractivity contribution is 0.0955. The molecule has 1 N–H and O–H groups in total. The van der Waals surface area contributed by atoms with Gasteiger partial charge in [0, 0.05) is 28.7 Å². The number of benzene rings is 3. The van der Waals surface area contributed by atoms with Crippen LogP contribution in [0.4, 0.5) is 0 Å². The van der Waals surface area contributed by atoms with Crippen molar-refractivity contribution < 1.29 is 14.3 Å². The molecule has 0 unspecified atom stereocenters. The summed E-state index contributed by atoms with van der Waals surface area (Å²) in [7, 11) is 3.17. The Labute approximate surface area is 181 Å². The van der Waals surface area contributed by atoms with Crippen molar-refractivity contribution in [1.82, 2.24) is 5.43 Å². The van der Waals surface area contributed by atoms with Crippen LogP contribution >= 0.6 is 11.8 Å². The average molecular weight is 421 g/mol. The van der Waals surface area contributed by atoms with E-state index in [1.807, 2.05) is 48.2 Å². The molecule has 5 nitrogen and oxygen atoms in total. The zero-order valence-corrected chi connectivity index (χ0v) is 17.8. The van der Waals surface area contributed by atoms with Gasteiger partial charge in [0.25, 0.3) is 5.91 Å². The van der Waals surface area contributed by atoms with Gasteiger partial charge in [-0.25, -0.2) is 5.43 Å². The molecule has 3 rings (SSSR count). The Morgan fingerprint density at radius 1 is 0.933 bits per heavy atom. The molecule has 0 saturated heterocycles. The van der Waals surface area contributed by atoms with E-state index in [1.54, 1.807) is 32.6 Å². The van der Waals surface area contributed by atoms with Crippen molar-refractivity contribution in [2.75, 3.05) is 14.2 Å². The van der Waals surface area contributed by atoms with E-state index in [1.165, 1.54) is 11.1 Å². The topological polar surface area (TPSA) is 59.9 Å². The number of thioether (sulfide) groups is 1. The van der Waals surface area contributed by atoms with E-state index in [0.717, 1.165) is 17.1 Å². The van der Waals surface area contributed by atoms with Gasteiger partial charge >= 0.3 is 0 Å². The summed E-state index contributed by atoms with van der Waals surface area (Å²) in [4.78, 5) is 12.3. The predicted molar refractivity (Wildman–Crippen MR) is 122 cm³/mol. The molecule has 0 atom stereocenters. The molecule has 6 heteroatoms. The summed E-state index contributed by atoms with van der Waals surface area (Å²) >= 11 is 1.85. The van der Waals surface area contributed by atoms with Crippen LogP contribution in [-0.2, 0) is 11.5 Å². The van der Waals surface area contributed by atoms with Crippen molar-refractivity contribution >= 4 is 23.9 Å². The first-order valence-electron chi connectivity index (χ1n) is 9.45. The lowest BCUT2D eigenvalue weighted by atomic mass is 10.1. The Balaban J connectivity index is 1.51. The molecule has 0 heterocycles. The van der Waals surface area contributed by atoms with Crippen LogP contribution in [0.15, 0.2) is 77.9 Å². The quantitative estimate of drug-likeness (QED) is 0.395. The van der Waals surface area contributed by atoms with Crippen LogP contribution in [0.5, 0.6) is 11.5 Å². The van der Waals surface area contributed by atoms with E-state index in [9.17, 15) is 4.79 Å². The van der Waals surface area contributed by atoms with Crippen molar-refractivity contribution in [3.05, 3.63) is 95.1 Å². The van der Waals surface area contributed by atoms with Gasteiger partial charge in [-0.15, -0.1) is 0 Å². The zero-order valence-electron chi connectivity index (χ0n) is 17.0. The van der Waals surface area contributed by atoms with Crippen LogP contribution in [0.3, 0.4) is 0 Å². The molecule has 3 aromatic rings. The van der Waals surface area contributed by atoms with E-state index in [-0.39, 0.29) is 5.91 Å². The molecule has 3 aromatic carbocycles. The number of methoxy groups -OCH3 is 2. The summed E-state index contributed by atoms with van der Waals surface area (Å²) in [6.07, 6.45) is 1.55. The van der Waals surface area contributed by atoms with Crippen LogP contribution in [0.1, 0.15) is 27.0 Å². The molecule has 0 aromatic heterocycles. The standard InChI is InChI=1S/C24H24N2O3S/c1-28-22-13-12-21(23(14-22)29-2)15-25-26-24(27)20-10-8-19(9-11-20)17-30-16-18-6-4-3-5-7-18/h3-15H,16-17H2,1-2H3,(H,26,27)/b25-15-. The largest absolute Gasteiger partial charge is 0.497 e. The lowest BCUT2D eigenvalue weighted by Crippen LogP contribution is -2.17. The fourth-order valence-corrected chi connectivity index (χ4v) is 3.72. The molecule has 0 radical (unpaired) electrons. The minimum atomic E-state index is -0.262. The second-order valence-corrected chi connectivity index (χ2v) is 7.47. The number of carbonyl (C=O) groups is 1. The maximum atomic E-state index is 12.3. The summed E-state index contributed by atoms with van der Waals surface area (Å²) in [6, 6.07) is 23.3. The van der Waals surface area contributed by atoms with Crippen molar-refractivity contribution in [3.8, 4) is 11.5 Å². The summed E-state index contributed by atoms with van der Waals surface area (Å²) < 4.78 is 10.5. The van der Waals surface area contributed by atoms with Crippen molar-refractivity contribution in [3.63, 3.8) is 0 Å². The highest BCUT2D eigenvalue weighted by Crippen LogP contribution is 2.23. The summed E-state index contributed by atoms with van der Waals surface area (Å²) in [6.45, 7) is 0. The van der Waals surface area contributed by atoms with Crippen molar-refractivity contribution in [1.29, 1.82) is 0 Å². The Kier molecular flexibility index (Phi) is 7.92. The van der Waals surface area contributed by atoms with Gasteiger partial charge in [-0.05, 0) is 35.4 Å². The van der Waals surface area contributed by atoms with Gasteiger partial charge in [-0.2, -0.15) is 16.9 Å². The normalized spacial score (nSPS) is 10.7. The van der Waals surface area contributed by atoms with Gasteiger partial charge < -0.3 is 9.47 Å². The number of carbonyl (C=O) groups excluding carboxylic acids is 1. The fraction of sp³-hybridized carbons (Fsp3) is 0.167. The Bertz CT molecular complexity index is 989. The van der Waals surface area contributed by atoms with Crippen molar-refractivity contribution in [2.24, 2.45) is 5.10 Å². The number of hydrazone groups is 1. The van der Waals surface area contributed by atoms with Gasteiger partial charge in [-0.1, -0.05) is 42.5 Å². The Morgan fingerprint density at radius 2 is 1.63 bits per heavy atom. The van der Waals surface area contributed by atoms with Gasteiger partial charge in [-0.3, -0.25) is 4.79 Å². The highest BCUT2D eigenvalue weighted by molar-refractivity contribution is 7.97. The van der Waals surface area contributed by atoms with Crippen LogP contribution in [0, 0.1) is 0 Å². The first kappa shape index (κ1) is 21.5. The van der Waals surface area contributed by atoms with E-state index in [0.29, 0.717) is 17.1 Å². The van der Waals surface area contributed by atoms with Crippen molar-refractivity contribution in [2.45, 2.75) is 11.5 Å². The van der Waals surface area contributed by atoms with Crippen LogP contribution in [0.25, 0.3) is 0 Å². The predicted octanol–water partition coefficient (Wildman–Crippen LogP) is 4.90. The minimum absolute atomic E-state index is 0.262. The average Bonchev–Trinajstić information content (AvgIpc) is 2.80. The van der Waals surface area contributed by atoms with Crippen LogP contribution in [0.2, 0.25) is 0 Å². The highest BCUT2D eigenvalue weighted by atomic mass is 32.2. The van der Waals surface area contributed by atoms with Crippen LogP contribution in [-0.4, -0.2) is 26.3 Å². The molecule has 0 spiro atoms. The molecule has 1 amide bonds. The SMILES string of the molecule is COc1ccc(/C=N\NC(=O)c2ccc(CSCc3ccccc3)cc2)c(OC)c1. The number of hydrogen-bond acceptors (Lipinski definition) is 5. The zero-order chi connectivity index (χ0) is 21.2. The second kappa shape index (κ2) is 11.1. The minimum Gasteiger partial charge on any atom is -0.497 e. The van der Waals surface area contributed by atoms with Gasteiger partial charge in [0.1, 0.15) is 11.5 Å². The molecular weight excluding hydrogens is 396 g/mol. The van der Waals surface area contributed by atoms with E-state index in [4.69, 9.17) is 9.47 Å². The molecule has 0 aliphatic heterocycles. The lowest BCUT2D eigenvalue weighted by Gasteiger charge is -2.07. The summed E-state index contributed by atoms with van der Waals surface area (Å²) in [5, 5.41) is 4.04. The number of rotatable bonds is 9. The first-order valence-corrected chi connectivity index (χ1v) is 10.6. The number of ether oxygens (including phenoxy) is 2. The molecule has 30 heavy (non-hydrogen) atoms. The van der Waals surface area contributed by atoms with Gasteiger partial charge in [0.15, 0.2) is 0 Å². The smallest absolute Gasteiger partial charge is 0.271 e. The maximum absolute atomic E-state index is 12.3. The Morgan fingerprint density at radius 3 is 2.30 bits per heavy atom. The van der Waals surface area contributed by atoms with E-state index >= 15 is 0 Å². The van der Waals surface area contributed by atoms with E-state index < -0.39 is 0 Å². The molecule has 0 bridgehead atoms. The number of hydrogen-bond donors (Lipinski definition) is 1. The monoisotopic (exact) mass is 420 g/mol. The van der Waals surface area contributed by atoms with Gasteiger partial charge in [0.2, 0.25) is 0 Å². The summed E-state index contributed by atoms with van der Waals surface area (Å²) in [5.74, 6) is 2.90. The van der Waals surface area contributed by atoms with Crippen LogP contribution < -0.4 is 14.9 Å². The molecule has 0 aliphatic rings. The number of nitrogens with zero attached hydrogens (tertiary/aromatic N) is 1. The first-order chi connectivity index (χ1) is 14.7. The third-order valence-corrected chi connectivity index (χ3v) is 5.48. The number of amides is 1. The summed E-state index contributed by atoms with van der Waals surface area (Å²) in [5.41, 5.74) is 6.34. The van der Waals surface area contributed by atoms with Gasteiger partial charge in [0.05, 0.1) is 20.4 Å². The fourth-order valence-electron chi connectivity index (χ4n) is 2.76. The highest BCUT2D eigenvalue weighted by Gasteiger charge is 2.06. The molecule has 0 fully saturated rings.